The van der Waals surface area contributed by atoms with Gasteiger partial charge in [-0.2, -0.15) is 0 Å². The van der Waals surface area contributed by atoms with Crippen LogP contribution in [0.25, 0.3) is 0 Å². The van der Waals surface area contributed by atoms with Crippen molar-refractivity contribution in [3.05, 3.63) is 16.1 Å². The quantitative estimate of drug-likeness (QED) is 0.846. The lowest BCUT2D eigenvalue weighted by molar-refractivity contribution is 0.184. The zero-order valence-electron chi connectivity index (χ0n) is 10.3. The highest BCUT2D eigenvalue weighted by Gasteiger charge is 2.31. The van der Waals surface area contributed by atoms with Crippen molar-refractivity contribution in [1.82, 2.24) is 15.6 Å². The molecule has 0 aliphatic carbocycles. The molecule has 1 saturated heterocycles. The van der Waals surface area contributed by atoms with Gasteiger partial charge in [0.05, 0.1) is 0 Å². The van der Waals surface area contributed by atoms with Crippen molar-refractivity contribution in [2.24, 2.45) is 5.41 Å². The molecule has 1 aromatic rings. The molecule has 90 valence electrons. The van der Waals surface area contributed by atoms with Crippen LogP contribution in [0.2, 0.25) is 0 Å². The Morgan fingerprint density at radius 1 is 1.62 bits per heavy atom. The second-order valence-corrected chi connectivity index (χ2v) is 6.21. The van der Waals surface area contributed by atoms with Gasteiger partial charge in [-0.05, 0) is 25.3 Å². The van der Waals surface area contributed by atoms with Gasteiger partial charge in [-0.1, -0.05) is 13.8 Å². The second-order valence-electron chi connectivity index (χ2n) is 5.27. The van der Waals surface area contributed by atoms with E-state index in [0.717, 1.165) is 25.3 Å². The summed E-state index contributed by atoms with van der Waals surface area (Å²) in [5.41, 5.74) is 1.47. The van der Waals surface area contributed by atoms with Crippen LogP contribution < -0.4 is 10.6 Å². The van der Waals surface area contributed by atoms with E-state index >= 15 is 0 Å². The van der Waals surface area contributed by atoms with E-state index in [1.165, 1.54) is 11.4 Å². The molecule has 1 aliphatic heterocycles. The number of aromatic nitrogens is 1. The van der Waals surface area contributed by atoms with E-state index in [0.29, 0.717) is 11.5 Å². The highest BCUT2D eigenvalue weighted by Crippen LogP contribution is 2.25. The number of rotatable bonds is 3. The highest BCUT2D eigenvalue weighted by atomic mass is 32.1. The molecule has 0 radical (unpaired) electrons. The number of nitrogens with zero attached hydrogens (tertiary/aromatic N) is 1. The van der Waals surface area contributed by atoms with Crippen LogP contribution in [0.4, 0.5) is 0 Å². The molecule has 1 atom stereocenters. The van der Waals surface area contributed by atoms with Crippen molar-refractivity contribution in [3.63, 3.8) is 0 Å². The molecule has 16 heavy (non-hydrogen) atoms. The first-order valence-corrected chi connectivity index (χ1v) is 6.81. The van der Waals surface area contributed by atoms with Crippen LogP contribution >= 0.6 is 11.3 Å². The molecule has 2 rings (SSSR count). The van der Waals surface area contributed by atoms with Crippen LogP contribution in [-0.4, -0.2) is 24.1 Å². The summed E-state index contributed by atoms with van der Waals surface area (Å²) in [7, 11) is 0. The molecular weight excluding hydrogens is 218 g/mol. The van der Waals surface area contributed by atoms with Crippen LogP contribution in [0.3, 0.4) is 0 Å². The molecular formula is C12H21N3S. The van der Waals surface area contributed by atoms with E-state index < -0.39 is 0 Å². The number of hydrogen-bond donors (Lipinski definition) is 2. The summed E-state index contributed by atoms with van der Waals surface area (Å²) >= 11 is 1.75. The summed E-state index contributed by atoms with van der Waals surface area (Å²) in [4.78, 5) is 4.48. The number of thiazole rings is 1. The molecule has 1 aromatic heterocycles. The molecule has 1 unspecified atom stereocenters. The third-order valence-corrected chi connectivity index (χ3v) is 4.27. The standard InChI is InChI=1S/C12H21N3S/c1-9-7-16-11(15-9)6-14-10-4-5-13-8-12(10,2)3/h7,10,13-14H,4-6,8H2,1-3H3. The maximum absolute atomic E-state index is 4.48. The lowest BCUT2D eigenvalue weighted by atomic mass is 9.80. The largest absolute Gasteiger partial charge is 0.316 e. The molecule has 0 saturated carbocycles. The predicted molar refractivity (Wildman–Crippen MR) is 68.7 cm³/mol. The molecule has 1 aliphatic rings. The van der Waals surface area contributed by atoms with Crippen LogP contribution in [0.5, 0.6) is 0 Å². The molecule has 0 spiro atoms. The van der Waals surface area contributed by atoms with Crippen molar-refractivity contribution in [2.75, 3.05) is 13.1 Å². The summed E-state index contributed by atoms with van der Waals surface area (Å²) in [6, 6.07) is 0.595. The van der Waals surface area contributed by atoms with Crippen LogP contribution in [0, 0.1) is 12.3 Å². The van der Waals surface area contributed by atoms with E-state index in [1.807, 2.05) is 0 Å². The zero-order chi connectivity index (χ0) is 11.6. The Bertz CT molecular complexity index is 346. The van der Waals surface area contributed by atoms with Crippen molar-refractivity contribution in [2.45, 2.75) is 39.8 Å². The molecule has 1 fully saturated rings. The van der Waals surface area contributed by atoms with Crippen LogP contribution in [0.15, 0.2) is 5.38 Å². The molecule has 0 bridgehead atoms. The SMILES string of the molecule is Cc1csc(CNC2CCNCC2(C)C)n1. The van der Waals surface area contributed by atoms with Crippen molar-refractivity contribution < 1.29 is 0 Å². The average molecular weight is 239 g/mol. The van der Waals surface area contributed by atoms with E-state index in [9.17, 15) is 0 Å². The van der Waals surface area contributed by atoms with Crippen LogP contribution in [-0.2, 0) is 6.54 Å². The molecule has 0 aromatic carbocycles. The predicted octanol–water partition coefficient (Wildman–Crippen LogP) is 1.93. The van der Waals surface area contributed by atoms with E-state index in [-0.39, 0.29) is 0 Å². The van der Waals surface area contributed by atoms with Gasteiger partial charge in [0, 0.05) is 30.2 Å². The topological polar surface area (TPSA) is 37.0 Å². The summed E-state index contributed by atoms with van der Waals surface area (Å²) in [5.74, 6) is 0. The molecule has 2 N–H and O–H groups in total. The summed E-state index contributed by atoms with van der Waals surface area (Å²) in [5, 5.41) is 10.4. The molecule has 3 nitrogen and oxygen atoms in total. The second kappa shape index (κ2) is 4.82. The minimum atomic E-state index is 0.338. The fourth-order valence-corrected chi connectivity index (χ4v) is 2.97. The number of aryl methyl sites for hydroxylation is 1. The first-order valence-electron chi connectivity index (χ1n) is 5.93. The third kappa shape index (κ3) is 2.81. The summed E-state index contributed by atoms with van der Waals surface area (Å²) < 4.78 is 0. The molecule has 2 heterocycles. The van der Waals surface area contributed by atoms with Crippen molar-refractivity contribution in [3.8, 4) is 0 Å². The van der Waals surface area contributed by atoms with Gasteiger partial charge in [0.25, 0.3) is 0 Å². The van der Waals surface area contributed by atoms with Crippen molar-refractivity contribution in [1.29, 1.82) is 0 Å². The Labute approximate surface area is 102 Å². The summed E-state index contributed by atoms with van der Waals surface area (Å²) in [6.45, 7) is 9.83. The number of nitrogens with one attached hydrogen (secondary N) is 2. The van der Waals surface area contributed by atoms with Gasteiger partial charge in [0.1, 0.15) is 5.01 Å². The van der Waals surface area contributed by atoms with E-state index in [1.54, 1.807) is 11.3 Å². The highest BCUT2D eigenvalue weighted by molar-refractivity contribution is 7.09. The summed E-state index contributed by atoms with van der Waals surface area (Å²) in [6.07, 6.45) is 1.21. The lowest BCUT2D eigenvalue weighted by Gasteiger charge is -2.39. The first kappa shape index (κ1) is 12.0. The fourth-order valence-electron chi connectivity index (χ4n) is 2.24. The zero-order valence-corrected chi connectivity index (χ0v) is 11.2. The lowest BCUT2D eigenvalue weighted by Crippen LogP contribution is -2.52. The van der Waals surface area contributed by atoms with Gasteiger partial charge in [-0.25, -0.2) is 4.98 Å². The van der Waals surface area contributed by atoms with Gasteiger partial charge in [0.15, 0.2) is 0 Å². The average Bonchev–Trinajstić information content (AvgIpc) is 2.62. The number of piperidine rings is 1. The van der Waals surface area contributed by atoms with Gasteiger partial charge in [-0.3, -0.25) is 0 Å². The maximum atomic E-state index is 4.48. The van der Waals surface area contributed by atoms with Crippen molar-refractivity contribution >= 4 is 11.3 Å². The third-order valence-electron chi connectivity index (χ3n) is 3.30. The minimum Gasteiger partial charge on any atom is -0.316 e. The van der Waals surface area contributed by atoms with E-state index in [4.69, 9.17) is 0 Å². The van der Waals surface area contributed by atoms with Gasteiger partial charge < -0.3 is 10.6 Å². The van der Waals surface area contributed by atoms with E-state index in [2.05, 4.69) is 41.8 Å². The monoisotopic (exact) mass is 239 g/mol. The Balaban J connectivity index is 1.89. The Kier molecular flexibility index (Phi) is 3.62. The molecule has 4 heteroatoms. The Hall–Kier alpha value is -0.450. The Morgan fingerprint density at radius 3 is 3.06 bits per heavy atom. The van der Waals surface area contributed by atoms with Gasteiger partial charge in [0.2, 0.25) is 0 Å². The smallest absolute Gasteiger partial charge is 0.107 e. The van der Waals surface area contributed by atoms with Crippen LogP contribution in [0.1, 0.15) is 31.0 Å². The van der Waals surface area contributed by atoms with Gasteiger partial charge >= 0.3 is 0 Å². The normalized spacial score (nSPS) is 24.6. The fraction of sp³-hybridized carbons (Fsp3) is 0.750. The first-order chi connectivity index (χ1) is 7.58. The maximum Gasteiger partial charge on any atom is 0.107 e. The minimum absolute atomic E-state index is 0.338. The molecule has 0 amide bonds. The van der Waals surface area contributed by atoms with Gasteiger partial charge in [-0.15, -0.1) is 11.3 Å². The Morgan fingerprint density at radius 2 is 2.44 bits per heavy atom. The number of hydrogen-bond acceptors (Lipinski definition) is 4.